The van der Waals surface area contributed by atoms with Crippen molar-refractivity contribution >= 4 is 0 Å². The van der Waals surface area contributed by atoms with Crippen molar-refractivity contribution in [1.82, 2.24) is 5.16 Å². The molecule has 0 unspecified atom stereocenters. The van der Waals surface area contributed by atoms with Gasteiger partial charge in [-0.05, 0) is 18.4 Å². The topological polar surface area (TPSA) is 52.0 Å². The summed E-state index contributed by atoms with van der Waals surface area (Å²) in [5.74, 6) is 1.34. The number of benzene rings is 1. The third-order valence-corrected chi connectivity index (χ3v) is 3.04. The molecular formula is C14H18N2O. The number of hydrogen-bond acceptors (Lipinski definition) is 3. The third kappa shape index (κ3) is 2.24. The maximum absolute atomic E-state index is 5.71. The lowest BCUT2D eigenvalue weighted by molar-refractivity contribution is 0.398. The first-order chi connectivity index (χ1) is 8.13. The molecule has 0 radical (unpaired) electrons. The average Bonchev–Trinajstić information content (AvgIpc) is 2.70. The third-order valence-electron chi connectivity index (χ3n) is 3.04. The monoisotopic (exact) mass is 230 g/mol. The molecule has 2 rings (SSSR count). The Bertz CT molecular complexity index is 497. The van der Waals surface area contributed by atoms with E-state index in [4.69, 9.17) is 10.3 Å². The average molecular weight is 230 g/mol. The van der Waals surface area contributed by atoms with Gasteiger partial charge >= 0.3 is 0 Å². The van der Waals surface area contributed by atoms with Crippen molar-refractivity contribution in [1.29, 1.82) is 0 Å². The number of rotatable bonds is 3. The van der Waals surface area contributed by atoms with Gasteiger partial charge in [0, 0.05) is 17.7 Å². The van der Waals surface area contributed by atoms with E-state index in [-0.39, 0.29) is 0 Å². The number of hydrogen-bond donors (Lipinski definition) is 1. The Balaban J connectivity index is 2.39. The summed E-state index contributed by atoms with van der Waals surface area (Å²) in [7, 11) is 0. The lowest BCUT2D eigenvalue weighted by Gasteiger charge is -2.06. The molecule has 1 aromatic carbocycles. The predicted octanol–water partition coefficient (Wildman–Crippen LogP) is 3.23. The van der Waals surface area contributed by atoms with Gasteiger partial charge in [0.1, 0.15) is 11.5 Å². The highest BCUT2D eigenvalue weighted by Gasteiger charge is 2.13. The van der Waals surface area contributed by atoms with E-state index in [1.807, 2.05) is 6.92 Å². The minimum Gasteiger partial charge on any atom is -0.361 e. The van der Waals surface area contributed by atoms with E-state index in [0.717, 1.165) is 22.6 Å². The van der Waals surface area contributed by atoms with Crippen LogP contribution in [0.15, 0.2) is 28.8 Å². The fraction of sp³-hybridized carbons (Fsp3) is 0.357. The van der Waals surface area contributed by atoms with Crippen LogP contribution < -0.4 is 5.73 Å². The second-order valence-electron chi connectivity index (χ2n) is 4.55. The molecule has 1 heterocycles. The van der Waals surface area contributed by atoms with Crippen molar-refractivity contribution in [2.45, 2.75) is 33.2 Å². The fourth-order valence-corrected chi connectivity index (χ4v) is 1.88. The van der Waals surface area contributed by atoms with E-state index in [2.05, 4.69) is 43.3 Å². The quantitative estimate of drug-likeness (QED) is 0.880. The number of nitrogens with zero attached hydrogens (tertiary/aromatic N) is 1. The molecule has 90 valence electrons. The smallest absolute Gasteiger partial charge is 0.138 e. The molecule has 0 aliphatic heterocycles. The van der Waals surface area contributed by atoms with Crippen molar-refractivity contribution in [2.75, 3.05) is 0 Å². The molecule has 0 saturated heterocycles. The number of nitrogens with two attached hydrogens (primary N) is 1. The summed E-state index contributed by atoms with van der Waals surface area (Å²) >= 11 is 0. The Morgan fingerprint density at radius 1 is 1.24 bits per heavy atom. The van der Waals surface area contributed by atoms with Crippen molar-refractivity contribution in [3.8, 4) is 11.3 Å². The van der Waals surface area contributed by atoms with Gasteiger partial charge in [0.05, 0.1) is 0 Å². The van der Waals surface area contributed by atoms with E-state index >= 15 is 0 Å². The Morgan fingerprint density at radius 2 is 1.88 bits per heavy atom. The minimum absolute atomic E-state index is 0.455. The van der Waals surface area contributed by atoms with Crippen LogP contribution in [0.25, 0.3) is 11.3 Å². The van der Waals surface area contributed by atoms with Crippen molar-refractivity contribution in [3.63, 3.8) is 0 Å². The zero-order chi connectivity index (χ0) is 12.4. The zero-order valence-corrected chi connectivity index (χ0v) is 10.5. The highest BCUT2D eigenvalue weighted by Crippen LogP contribution is 2.26. The van der Waals surface area contributed by atoms with Crippen molar-refractivity contribution < 1.29 is 4.52 Å². The molecule has 0 bridgehead atoms. The molecule has 0 aliphatic carbocycles. The molecule has 0 fully saturated rings. The van der Waals surface area contributed by atoms with E-state index in [1.54, 1.807) is 0 Å². The fourth-order valence-electron chi connectivity index (χ4n) is 1.88. The Hall–Kier alpha value is -1.61. The highest BCUT2D eigenvalue weighted by molar-refractivity contribution is 5.63. The molecule has 2 N–H and O–H groups in total. The summed E-state index contributed by atoms with van der Waals surface area (Å²) in [5.41, 5.74) is 9.95. The van der Waals surface area contributed by atoms with Crippen LogP contribution in [0.3, 0.4) is 0 Å². The van der Waals surface area contributed by atoms with Crippen LogP contribution in [0.1, 0.15) is 36.7 Å². The van der Waals surface area contributed by atoms with Crippen LogP contribution in [0.4, 0.5) is 0 Å². The van der Waals surface area contributed by atoms with Crippen LogP contribution in [0.2, 0.25) is 0 Å². The largest absolute Gasteiger partial charge is 0.361 e. The van der Waals surface area contributed by atoms with Gasteiger partial charge in [-0.15, -0.1) is 0 Å². The lowest BCUT2D eigenvalue weighted by atomic mass is 9.99. The van der Waals surface area contributed by atoms with Gasteiger partial charge in [0.25, 0.3) is 0 Å². The summed E-state index contributed by atoms with van der Waals surface area (Å²) in [5, 5.41) is 4.08. The van der Waals surface area contributed by atoms with Gasteiger partial charge in [-0.3, -0.25) is 0 Å². The molecule has 2 aromatic rings. The molecule has 0 aliphatic rings. The highest BCUT2D eigenvalue weighted by atomic mass is 16.5. The maximum atomic E-state index is 5.71. The van der Waals surface area contributed by atoms with Crippen LogP contribution >= 0.6 is 0 Å². The van der Waals surface area contributed by atoms with E-state index in [0.29, 0.717) is 12.5 Å². The summed E-state index contributed by atoms with van der Waals surface area (Å²) in [6.07, 6.45) is 0. The second kappa shape index (κ2) is 4.72. The summed E-state index contributed by atoms with van der Waals surface area (Å²) in [4.78, 5) is 0. The Kier molecular flexibility index (Phi) is 3.29. The summed E-state index contributed by atoms with van der Waals surface area (Å²) < 4.78 is 5.19. The standard InChI is InChI=1S/C14H18N2O/c1-9(2)11-4-6-12(7-5-11)14-13(8-15)10(3)17-16-14/h4-7,9H,8,15H2,1-3H3. The molecule has 0 saturated carbocycles. The molecule has 0 atom stereocenters. The summed E-state index contributed by atoms with van der Waals surface area (Å²) in [6, 6.07) is 8.41. The van der Waals surface area contributed by atoms with Crippen LogP contribution in [-0.2, 0) is 6.54 Å². The second-order valence-corrected chi connectivity index (χ2v) is 4.55. The van der Waals surface area contributed by atoms with Gasteiger partial charge < -0.3 is 10.3 Å². The van der Waals surface area contributed by atoms with Gasteiger partial charge in [-0.1, -0.05) is 43.3 Å². The van der Waals surface area contributed by atoms with Gasteiger partial charge in [-0.25, -0.2) is 0 Å². The van der Waals surface area contributed by atoms with Gasteiger partial charge in [0.15, 0.2) is 0 Å². The normalized spacial score (nSPS) is 11.1. The molecule has 3 heteroatoms. The Labute approximate surface area is 102 Å². The van der Waals surface area contributed by atoms with Crippen LogP contribution in [-0.4, -0.2) is 5.16 Å². The van der Waals surface area contributed by atoms with E-state index in [9.17, 15) is 0 Å². The molecule has 1 aromatic heterocycles. The van der Waals surface area contributed by atoms with Crippen molar-refractivity contribution in [2.24, 2.45) is 5.73 Å². The first-order valence-corrected chi connectivity index (χ1v) is 5.89. The maximum Gasteiger partial charge on any atom is 0.138 e. The summed E-state index contributed by atoms with van der Waals surface area (Å²) in [6.45, 7) is 6.71. The first-order valence-electron chi connectivity index (χ1n) is 5.89. The van der Waals surface area contributed by atoms with E-state index in [1.165, 1.54) is 5.56 Å². The number of aromatic nitrogens is 1. The van der Waals surface area contributed by atoms with Gasteiger partial charge in [-0.2, -0.15) is 0 Å². The molecule has 0 amide bonds. The number of aryl methyl sites for hydroxylation is 1. The molecule has 17 heavy (non-hydrogen) atoms. The molecular weight excluding hydrogens is 212 g/mol. The van der Waals surface area contributed by atoms with Crippen molar-refractivity contribution in [3.05, 3.63) is 41.2 Å². The lowest BCUT2D eigenvalue weighted by Crippen LogP contribution is -1.98. The van der Waals surface area contributed by atoms with Gasteiger partial charge in [0.2, 0.25) is 0 Å². The molecule has 0 spiro atoms. The SMILES string of the molecule is Cc1onc(-c2ccc(C(C)C)cc2)c1CN. The van der Waals surface area contributed by atoms with E-state index < -0.39 is 0 Å². The Morgan fingerprint density at radius 3 is 2.41 bits per heavy atom. The predicted molar refractivity (Wildman–Crippen MR) is 68.7 cm³/mol. The molecule has 3 nitrogen and oxygen atoms in total. The first kappa shape index (κ1) is 11.9. The van der Waals surface area contributed by atoms with Crippen LogP contribution in [0.5, 0.6) is 0 Å². The minimum atomic E-state index is 0.455. The zero-order valence-electron chi connectivity index (χ0n) is 10.5. The van der Waals surface area contributed by atoms with Crippen LogP contribution in [0, 0.1) is 6.92 Å².